The molecule has 0 atom stereocenters. The summed E-state index contributed by atoms with van der Waals surface area (Å²) in [6.45, 7) is 0. The molecule has 0 saturated carbocycles. The van der Waals surface area contributed by atoms with E-state index in [4.69, 9.17) is 0 Å². The quantitative estimate of drug-likeness (QED) is 0.155. The number of benzene rings is 11. The highest BCUT2D eigenvalue weighted by atomic mass is 32.1. The summed E-state index contributed by atoms with van der Waals surface area (Å²) in [6, 6.07) is 89.6. The van der Waals surface area contributed by atoms with E-state index in [0.717, 1.165) is 17.1 Å². The van der Waals surface area contributed by atoms with Crippen molar-refractivity contribution in [1.82, 2.24) is 4.57 Å². The zero-order valence-corrected chi connectivity index (χ0v) is 40.7. The maximum Gasteiger partial charge on any atom is 0.0555 e. The van der Waals surface area contributed by atoms with Gasteiger partial charge < -0.3 is 9.47 Å². The molecule has 332 valence electrons. The van der Waals surface area contributed by atoms with Gasteiger partial charge in [0.15, 0.2) is 0 Å². The van der Waals surface area contributed by atoms with Gasteiger partial charge in [-0.05, 0) is 106 Å². The fraction of sp³-hybridized carbons (Fsp3) is 0. The van der Waals surface area contributed by atoms with Crippen molar-refractivity contribution < 1.29 is 0 Å². The van der Waals surface area contributed by atoms with Gasteiger partial charge in [0.1, 0.15) is 0 Å². The number of nitrogens with zero attached hydrogens (tertiary/aromatic N) is 2. The van der Waals surface area contributed by atoms with Crippen LogP contribution in [-0.4, -0.2) is 4.57 Å². The van der Waals surface area contributed by atoms with Crippen LogP contribution < -0.4 is 4.90 Å². The van der Waals surface area contributed by atoms with E-state index in [1.807, 2.05) is 34.0 Å². The molecular formula is C66H40N2S3. The summed E-state index contributed by atoms with van der Waals surface area (Å²) in [5.41, 5.74) is 14.4. The first-order valence-corrected chi connectivity index (χ1v) is 26.5. The van der Waals surface area contributed by atoms with Crippen LogP contribution in [0.15, 0.2) is 243 Å². The molecule has 71 heavy (non-hydrogen) atoms. The maximum atomic E-state index is 2.42. The smallest absolute Gasteiger partial charge is 0.0555 e. The molecule has 11 aromatic carbocycles. The van der Waals surface area contributed by atoms with Crippen LogP contribution in [0.5, 0.6) is 0 Å². The fourth-order valence-corrected chi connectivity index (χ4v) is 15.0. The highest BCUT2D eigenvalue weighted by Gasteiger charge is 2.21. The molecule has 0 aliphatic heterocycles. The van der Waals surface area contributed by atoms with Crippen LogP contribution in [0.2, 0.25) is 0 Å². The molecular weight excluding hydrogens is 917 g/mol. The Kier molecular flexibility index (Phi) is 9.21. The van der Waals surface area contributed by atoms with Crippen molar-refractivity contribution in [2.45, 2.75) is 0 Å². The lowest BCUT2D eigenvalue weighted by Crippen LogP contribution is -2.09. The summed E-state index contributed by atoms with van der Waals surface area (Å²) in [6.07, 6.45) is 0. The molecule has 4 heterocycles. The van der Waals surface area contributed by atoms with E-state index in [-0.39, 0.29) is 0 Å². The largest absolute Gasteiger partial charge is 0.311 e. The summed E-state index contributed by atoms with van der Waals surface area (Å²) in [5.74, 6) is 0. The van der Waals surface area contributed by atoms with Gasteiger partial charge in [-0.2, -0.15) is 0 Å². The van der Waals surface area contributed by atoms with Gasteiger partial charge in [-0.3, -0.25) is 0 Å². The van der Waals surface area contributed by atoms with E-state index in [2.05, 4.69) is 252 Å². The van der Waals surface area contributed by atoms with Crippen molar-refractivity contribution in [1.29, 1.82) is 0 Å². The van der Waals surface area contributed by atoms with Crippen LogP contribution in [0.4, 0.5) is 17.1 Å². The van der Waals surface area contributed by atoms with Crippen LogP contribution in [0.1, 0.15) is 0 Å². The number of rotatable bonds is 7. The second-order valence-corrected chi connectivity index (χ2v) is 21.5. The molecule has 15 aromatic rings. The zero-order valence-electron chi connectivity index (χ0n) is 38.2. The molecule has 0 saturated heterocycles. The van der Waals surface area contributed by atoms with Gasteiger partial charge in [-0.15, -0.1) is 34.0 Å². The van der Waals surface area contributed by atoms with E-state index >= 15 is 0 Å². The number of fused-ring (bicyclic) bond motifs is 13. The molecule has 0 N–H and O–H groups in total. The normalized spacial score (nSPS) is 11.9. The first-order chi connectivity index (χ1) is 35.2. The summed E-state index contributed by atoms with van der Waals surface area (Å²) >= 11 is 5.68. The molecule has 5 heteroatoms. The van der Waals surface area contributed by atoms with Crippen molar-refractivity contribution in [2.24, 2.45) is 0 Å². The monoisotopic (exact) mass is 956 g/mol. The molecule has 0 unspecified atom stereocenters. The molecule has 0 spiro atoms. The summed E-state index contributed by atoms with van der Waals surface area (Å²) < 4.78 is 10.4. The van der Waals surface area contributed by atoms with E-state index in [1.54, 1.807) is 0 Å². The first kappa shape index (κ1) is 40.6. The van der Waals surface area contributed by atoms with Crippen LogP contribution >= 0.6 is 34.0 Å². The summed E-state index contributed by atoms with van der Waals surface area (Å²) in [7, 11) is 0. The zero-order chi connectivity index (χ0) is 46.6. The van der Waals surface area contributed by atoms with Gasteiger partial charge in [-0.25, -0.2) is 0 Å². The molecule has 2 nitrogen and oxygen atoms in total. The summed E-state index contributed by atoms with van der Waals surface area (Å²) in [5, 5.41) is 10.5. The van der Waals surface area contributed by atoms with Gasteiger partial charge in [0.05, 0.1) is 11.0 Å². The van der Waals surface area contributed by atoms with Gasteiger partial charge in [0.2, 0.25) is 0 Å². The van der Waals surface area contributed by atoms with Crippen molar-refractivity contribution in [3.63, 3.8) is 0 Å². The predicted molar refractivity (Wildman–Crippen MR) is 310 cm³/mol. The van der Waals surface area contributed by atoms with Crippen LogP contribution in [0.3, 0.4) is 0 Å². The fourth-order valence-electron chi connectivity index (χ4n) is 11.2. The van der Waals surface area contributed by atoms with Crippen LogP contribution in [0, 0.1) is 0 Å². The molecule has 0 amide bonds. The minimum Gasteiger partial charge on any atom is -0.311 e. The average Bonchev–Trinajstić information content (AvgIpc) is 4.21. The van der Waals surface area contributed by atoms with E-state index < -0.39 is 0 Å². The second kappa shape index (κ2) is 16.1. The topological polar surface area (TPSA) is 8.17 Å². The first-order valence-electron chi connectivity index (χ1n) is 24.1. The molecule has 0 fully saturated rings. The maximum absolute atomic E-state index is 2.42. The van der Waals surface area contributed by atoms with Gasteiger partial charge >= 0.3 is 0 Å². The lowest BCUT2D eigenvalue weighted by Gasteiger charge is -2.26. The minimum atomic E-state index is 1.10. The Morgan fingerprint density at radius 2 is 0.676 bits per heavy atom. The lowest BCUT2D eigenvalue weighted by atomic mass is 10.0. The highest BCUT2D eigenvalue weighted by molar-refractivity contribution is 7.27. The third-order valence-corrected chi connectivity index (χ3v) is 18.1. The highest BCUT2D eigenvalue weighted by Crippen LogP contribution is 2.48. The average molecular weight is 957 g/mol. The van der Waals surface area contributed by atoms with Gasteiger partial charge in [-0.1, -0.05) is 170 Å². The van der Waals surface area contributed by atoms with Crippen LogP contribution in [0.25, 0.3) is 121 Å². The van der Waals surface area contributed by atoms with E-state index in [1.165, 1.54) is 121 Å². The Balaban J connectivity index is 0.844. The van der Waals surface area contributed by atoms with Crippen molar-refractivity contribution in [3.05, 3.63) is 243 Å². The standard InChI is InChI=1S/C66H40N2S3/c1-2-13-44(14-3-1)68-58-24-7-4-17-57(58)62-59(68)40-39-56-55-23-12-20-50(65(55)71-66(56)62)43-31-37-47(38-32-43)67(45-33-27-41(28-34-45)48-18-10-21-53-51-15-5-8-25-60(51)69-63(48)53)46-35-29-42(30-36-46)49-19-11-22-54-52-16-6-9-26-61(52)70-64(49)54/h1-40H. The van der Waals surface area contributed by atoms with E-state index in [9.17, 15) is 0 Å². The number of aromatic nitrogens is 1. The molecule has 15 rings (SSSR count). The molecule has 0 radical (unpaired) electrons. The number of para-hydroxylation sites is 2. The SMILES string of the molecule is c1ccc(-n2c3ccccc3c3c4sc5c(-c6ccc(N(c7ccc(-c8cccc9c8sc8ccccc89)cc7)c7ccc(-c8cccc9c8sc8ccccc89)cc7)cc6)cccc5c4ccc32)cc1. The lowest BCUT2D eigenvalue weighted by molar-refractivity contribution is 1.18. The Morgan fingerprint density at radius 3 is 1.20 bits per heavy atom. The van der Waals surface area contributed by atoms with Crippen molar-refractivity contribution >= 4 is 133 Å². The second-order valence-electron chi connectivity index (χ2n) is 18.3. The van der Waals surface area contributed by atoms with Gasteiger partial charge in [0, 0.05) is 94.0 Å². The van der Waals surface area contributed by atoms with Gasteiger partial charge in [0.25, 0.3) is 0 Å². The molecule has 0 bridgehead atoms. The van der Waals surface area contributed by atoms with Crippen molar-refractivity contribution in [3.8, 4) is 39.1 Å². The van der Waals surface area contributed by atoms with Crippen LogP contribution in [-0.2, 0) is 0 Å². The Bertz CT molecular complexity index is 4400. The third-order valence-electron chi connectivity index (χ3n) is 14.4. The molecule has 4 aromatic heterocycles. The number of hydrogen-bond donors (Lipinski definition) is 0. The minimum absolute atomic E-state index is 1.10. The molecule has 0 aliphatic carbocycles. The number of anilines is 3. The Hall–Kier alpha value is -8.32. The number of thiophene rings is 3. The van der Waals surface area contributed by atoms with E-state index in [0.29, 0.717) is 0 Å². The van der Waals surface area contributed by atoms with Crippen molar-refractivity contribution in [2.75, 3.05) is 4.90 Å². The Labute approximate surface area is 421 Å². The third kappa shape index (κ3) is 6.37. The molecule has 0 aliphatic rings. The Morgan fingerprint density at radius 1 is 0.268 bits per heavy atom. The number of hydrogen-bond acceptors (Lipinski definition) is 4. The summed E-state index contributed by atoms with van der Waals surface area (Å²) in [4.78, 5) is 2.40. The predicted octanol–water partition coefficient (Wildman–Crippen LogP) is 20.4.